The third-order valence-electron chi connectivity index (χ3n) is 3.02. The van der Waals surface area contributed by atoms with Crippen LogP contribution in [0.1, 0.15) is 42.4 Å². The molecule has 3 nitrogen and oxygen atoms in total. The topological polar surface area (TPSA) is 37.8 Å². The first kappa shape index (κ1) is 13.0. The molecule has 4 heteroatoms. The molecule has 0 amide bonds. The lowest BCUT2D eigenvalue weighted by Gasteiger charge is -2.16. The van der Waals surface area contributed by atoms with Crippen LogP contribution in [0, 0.1) is 6.92 Å². The van der Waals surface area contributed by atoms with E-state index in [-0.39, 0.29) is 0 Å². The normalized spacial score (nSPS) is 12.4. The highest BCUT2D eigenvalue weighted by atomic mass is 32.1. The van der Waals surface area contributed by atoms with E-state index < -0.39 is 0 Å². The smallest absolute Gasteiger partial charge is 0.206 e. The predicted molar refractivity (Wildman–Crippen MR) is 77.1 cm³/mol. The van der Waals surface area contributed by atoms with Crippen molar-refractivity contribution in [2.75, 3.05) is 5.32 Å². The fraction of sp³-hybridized carbons (Fsp3) is 0.429. The molecule has 0 bridgehead atoms. The molecular formula is C14H19N3S. The van der Waals surface area contributed by atoms with Crippen molar-refractivity contribution in [3.63, 3.8) is 0 Å². The van der Waals surface area contributed by atoms with Gasteiger partial charge in [-0.1, -0.05) is 49.4 Å². The molecule has 2 rings (SSSR count). The highest BCUT2D eigenvalue weighted by Gasteiger charge is 2.11. The van der Waals surface area contributed by atoms with Crippen molar-refractivity contribution in [3.8, 4) is 0 Å². The Hall–Kier alpha value is -1.42. The van der Waals surface area contributed by atoms with Crippen LogP contribution in [0.15, 0.2) is 24.3 Å². The number of benzene rings is 1. The van der Waals surface area contributed by atoms with Gasteiger partial charge in [0.25, 0.3) is 0 Å². The number of anilines is 1. The van der Waals surface area contributed by atoms with E-state index in [1.54, 1.807) is 11.3 Å². The van der Waals surface area contributed by atoms with Gasteiger partial charge < -0.3 is 5.32 Å². The number of hydrogen-bond acceptors (Lipinski definition) is 4. The summed E-state index contributed by atoms with van der Waals surface area (Å²) in [4.78, 5) is 0. The molecule has 18 heavy (non-hydrogen) atoms. The van der Waals surface area contributed by atoms with Gasteiger partial charge in [0.2, 0.25) is 5.13 Å². The zero-order valence-electron chi connectivity index (χ0n) is 11.1. The molecule has 1 heterocycles. The molecule has 0 aliphatic rings. The molecule has 0 aliphatic heterocycles. The van der Waals surface area contributed by atoms with E-state index in [2.05, 4.69) is 53.6 Å². The first-order valence-electron chi connectivity index (χ1n) is 6.38. The lowest BCUT2D eigenvalue weighted by molar-refractivity contribution is 0.745. The SMILES string of the molecule is CCc1ccc(C(CC)Nc2nnc(C)s2)cc1. The molecule has 1 atom stereocenters. The molecule has 1 N–H and O–H groups in total. The predicted octanol–water partition coefficient (Wildman–Crippen LogP) is 3.97. The molecule has 0 radical (unpaired) electrons. The molecule has 0 saturated carbocycles. The largest absolute Gasteiger partial charge is 0.353 e. The van der Waals surface area contributed by atoms with Crippen LogP contribution in [0.5, 0.6) is 0 Å². The Bertz CT molecular complexity index is 490. The second-order valence-electron chi connectivity index (χ2n) is 4.33. The van der Waals surface area contributed by atoms with Gasteiger partial charge in [0.05, 0.1) is 6.04 Å². The van der Waals surface area contributed by atoms with Gasteiger partial charge in [0, 0.05) is 0 Å². The second kappa shape index (κ2) is 5.96. The van der Waals surface area contributed by atoms with Crippen molar-refractivity contribution in [1.82, 2.24) is 10.2 Å². The third-order valence-corrected chi connectivity index (χ3v) is 3.79. The van der Waals surface area contributed by atoms with Gasteiger partial charge in [0.1, 0.15) is 5.01 Å². The van der Waals surface area contributed by atoms with Gasteiger partial charge >= 0.3 is 0 Å². The summed E-state index contributed by atoms with van der Waals surface area (Å²) in [7, 11) is 0. The minimum Gasteiger partial charge on any atom is -0.353 e. The fourth-order valence-electron chi connectivity index (χ4n) is 1.91. The average molecular weight is 261 g/mol. The van der Waals surface area contributed by atoms with Crippen LogP contribution in [0.2, 0.25) is 0 Å². The number of nitrogens with zero attached hydrogens (tertiary/aromatic N) is 2. The molecule has 0 spiro atoms. The first-order chi connectivity index (χ1) is 8.72. The Morgan fingerprint density at radius 2 is 1.89 bits per heavy atom. The van der Waals surface area contributed by atoms with Crippen molar-refractivity contribution in [2.45, 2.75) is 39.7 Å². The van der Waals surface area contributed by atoms with Crippen molar-refractivity contribution in [2.24, 2.45) is 0 Å². The summed E-state index contributed by atoms with van der Waals surface area (Å²) in [5.74, 6) is 0. The summed E-state index contributed by atoms with van der Waals surface area (Å²) in [6.07, 6.45) is 2.12. The van der Waals surface area contributed by atoms with Crippen LogP contribution in [0.4, 0.5) is 5.13 Å². The summed E-state index contributed by atoms with van der Waals surface area (Å²) in [5, 5.41) is 13.5. The molecule has 1 aromatic heterocycles. The summed E-state index contributed by atoms with van der Waals surface area (Å²) in [5.41, 5.74) is 2.68. The maximum Gasteiger partial charge on any atom is 0.206 e. The zero-order valence-corrected chi connectivity index (χ0v) is 11.9. The highest BCUT2D eigenvalue weighted by Crippen LogP contribution is 2.24. The minimum absolute atomic E-state index is 0.309. The molecule has 1 aromatic carbocycles. The van der Waals surface area contributed by atoms with Crippen LogP contribution in [0.25, 0.3) is 0 Å². The van der Waals surface area contributed by atoms with E-state index >= 15 is 0 Å². The summed E-state index contributed by atoms with van der Waals surface area (Å²) < 4.78 is 0. The van der Waals surface area contributed by atoms with Crippen LogP contribution >= 0.6 is 11.3 Å². The molecule has 0 fully saturated rings. The van der Waals surface area contributed by atoms with Gasteiger partial charge in [-0.3, -0.25) is 0 Å². The summed E-state index contributed by atoms with van der Waals surface area (Å²) in [6.45, 7) is 6.33. The fourth-order valence-corrected chi connectivity index (χ4v) is 2.55. The molecule has 96 valence electrons. The number of rotatable bonds is 5. The zero-order chi connectivity index (χ0) is 13.0. The average Bonchev–Trinajstić information content (AvgIpc) is 2.82. The molecule has 0 aliphatic carbocycles. The number of aromatic nitrogens is 2. The lowest BCUT2D eigenvalue weighted by atomic mass is 10.0. The van der Waals surface area contributed by atoms with E-state index in [0.29, 0.717) is 6.04 Å². The van der Waals surface area contributed by atoms with Gasteiger partial charge in [-0.05, 0) is 30.9 Å². The van der Waals surface area contributed by atoms with Crippen LogP contribution in [-0.4, -0.2) is 10.2 Å². The lowest BCUT2D eigenvalue weighted by Crippen LogP contribution is -2.09. The maximum absolute atomic E-state index is 4.12. The minimum atomic E-state index is 0.309. The monoisotopic (exact) mass is 261 g/mol. The molecule has 0 saturated heterocycles. The van der Waals surface area contributed by atoms with E-state index in [0.717, 1.165) is 23.0 Å². The first-order valence-corrected chi connectivity index (χ1v) is 7.20. The Kier molecular flexibility index (Phi) is 4.31. The van der Waals surface area contributed by atoms with E-state index in [1.165, 1.54) is 11.1 Å². The number of hydrogen-bond donors (Lipinski definition) is 1. The van der Waals surface area contributed by atoms with Crippen molar-refractivity contribution in [3.05, 3.63) is 40.4 Å². The van der Waals surface area contributed by atoms with Crippen LogP contribution in [-0.2, 0) is 6.42 Å². The van der Waals surface area contributed by atoms with Crippen LogP contribution in [0.3, 0.4) is 0 Å². The Balaban J connectivity index is 2.12. The Morgan fingerprint density at radius 3 is 2.39 bits per heavy atom. The Morgan fingerprint density at radius 1 is 1.17 bits per heavy atom. The molecule has 1 unspecified atom stereocenters. The van der Waals surface area contributed by atoms with Gasteiger partial charge in [0.15, 0.2) is 0 Å². The van der Waals surface area contributed by atoms with Crippen LogP contribution < -0.4 is 5.32 Å². The van der Waals surface area contributed by atoms with E-state index in [4.69, 9.17) is 0 Å². The number of aryl methyl sites for hydroxylation is 2. The maximum atomic E-state index is 4.12. The van der Waals surface area contributed by atoms with Gasteiger partial charge in [-0.15, -0.1) is 10.2 Å². The summed E-state index contributed by atoms with van der Waals surface area (Å²) >= 11 is 1.60. The highest BCUT2D eigenvalue weighted by molar-refractivity contribution is 7.15. The molecule has 2 aromatic rings. The Labute approximate surface area is 112 Å². The van der Waals surface area contributed by atoms with Crippen molar-refractivity contribution < 1.29 is 0 Å². The van der Waals surface area contributed by atoms with E-state index in [9.17, 15) is 0 Å². The third kappa shape index (κ3) is 3.07. The van der Waals surface area contributed by atoms with Gasteiger partial charge in [-0.25, -0.2) is 0 Å². The van der Waals surface area contributed by atoms with Gasteiger partial charge in [-0.2, -0.15) is 0 Å². The quantitative estimate of drug-likeness (QED) is 0.885. The van der Waals surface area contributed by atoms with Crippen molar-refractivity contribution >= 4 is 16.5 Å². The second-order valence-corrected chi connectivity index (χ2v) is 5.51. The number of nitrogens with one attached hydrogen (secondary N) is 1. The van der Waals surface area contributed by atoms with E-state index in [1.807, 2.05) is 6.92 Å². The summed E-state index contributed by atoms with van der Waals surface area (Å²) in [6, 6.07) is 9.11. The molecular weight excluding hydrogens is 242 g/mol. The standard InChI is InChI=1S/C14H19N3S/c1-4-11-6-8-12(9-7-11)13(5-2)15-14-17-16-10(3)18-14/h6-9,13H,4-5H2,1-3H3,(H,15,17). The van der Waals surface area contributed by atoms with Crippen molar-refractivity contribution in [1.29, 1.82) is 0 Å².